The summed E-state index contributed by atoms with van der Waals surface area (Å²) in [4.78, 5) is 37.3. The third-order valence-electron chi connectivity index (χ3n) is 4.88. The van der Waals surface area contributed by atoms with Crippen molar-refractivity contribution in [3.63, 3.8) is 0 Å². The molecular formula is C16H18FN5O3. The van der Waals surface area contributed by atoms with E-state index >= 15 is 0 Å². The van der Waals surface area contributed by atoms with Gasteiger partial charge in [-0.1, -0.05) is 0 Å². The summed E-state index contributed by atoms with van der Waals surface area (Å²) in [5, 5.41) is 0.240. The lowest BCUT2D eigenvalue weighted by Crippen LogP contribution is -2.55. The van der Waals surface area contributed by atoms with Crippen LogP contribution < -0.4 is 10.6 Å². The van der Waals surface area contributed by atoms with Gasteiger partial charge in [0.15, 0.2) is 5.82 Å². The second-order valence-corrected chi connectivity index (χ2v) is 6.57. The molecule has 8 nitrogen and oxygen atoms in total. The third-order valence-corrected chi connectivity index (χ3v) is 4.88. The first kappa shape index (κ1) is 15.9. The number of esters is 1. The number of pyridine rings is 1. The normalized spacial score (nSPS) is 20.9. The average molecular weight is 347 g/mol. The predicted octanol–water partition coefficient (Wildman–Crippen LogP) is 0.0668. The number of hydrogen-bond acceptors (Lipinski definition) is 7. The highest BCUT2D eigenvalue weighted by molar-refractivity contribution is 6.07. The van der Waals surface area contributed by atoms with E-state index in [9.17, 15) is 14.0 Å². The molecule has 132 valence electrons. The van der Waals surface area contributed by atoms with Gasteiger partial charge in [-0.25, -0.2) is 19.0 Å². The summed E-state index contributed by atoms with van der Waals surface area (Å²) in [7, 11) is 3.48. The summed E-state index contributed by atoms with van der Waals surface area (Å²) in [6.07, 6.45) is 0. The van der Waals surface area contributed by atoms with Gasteiger partial charge in [-0.3, -0.25) is 4.57 Å². The fraction of sp³-hybridized carbons (Fsp3) is 0.500. The van der Waals surface area contributed by atoms with Crippen molar-refractivity contribution in [1.82, 2.24) is 19.4 Å². The predicted molar refractivity (Wildman–Crippen MR) is 88.4 cm³/mol. The molecule has 0 aromatic carbocycles. The molecule has 2 aromatic rings. The van der Waals surface area contributed by atoms with Crippen LogP contribution in [0, 0.1) is 12.7 Å². The van der Waals surface area contributed by atoms with E-state index in [1.54, 1.807) is 0 Å². The average Bonchev–Trinajstić information content (AvgIpc) is 2.57. The molecule has 4 heterocycles. The molecule has 0 saturated carbocycles. The highest BCUT2D eigenvalue weighted by Crippen LogP contribution is 2.32. The lowest BCUT2D eigenvalue weighted by Gasteiger charge is -2.41. The van der Waals surface area contributed by atoms with Crippen LogP contribution in [0.1, 0.15) is 16.1 Å². The lowest BCUT2D eigenvalue weighted by atomic mass is 10.1. The number of ether oxygens (including phenoxy) is 1. The number of rotatable bonds is 0. The Morgan fingerprint density at radius 3 is 2.72 bits per heavy atom. The topological polar surface area (TPSA) is 80.6 Å². The molecule has 25 heavy (non-hydrogen) atoms. The molecule has 2 aliphatic rings. The summed E-state index contributed by atoms with van der Waals surface area (Å²) in [6, 6.07) is -0.150. The van der Waals surface area contributed by atoms with E-state index < -0.39 is 17.5 Å². The molecule has 1 unspecified atom stereocenters. The van der Waals surface area contributed by atoms with E-state index in [0.717, 1.165) is 6.54 Å². The number of halogens is 1. The highest BCUT2D eigenvalue weighted by Gasteiger charge is 2.35. The Balaban J connectivity index is 2.11. The summed E-state index contributed by atoms with van der Waals surface area (Å²) >= 11 is 0. The number of nitrogens with zero attached hydrogens (tertiary/aromatic N) is 5. The van der Waals surface area contributed by atoms with Crippen molar-refractivity contribution in [3.8, 4) is 0 Å². The van der Waals surface area contributed by atoms with Gasteiger partial charge in [0.25, 0.3) is 0 Å². The fourth-order valence-corrected chi connectivity index (χ4v) is 3.51. The van der Waals surface area contributed by atoms with Gasteiger partial charge in [0, 0.05) is 26.7 Å². The van der Waals surface area contributed by atoms with Crippen LogP contribution in [0.15, 0.2) is 4.79 Å². The van der Waals surface area contributed by atoms with Crippen molar-refractivity contribution < 1.29 is 13.9 Å². The van der Waals surface area contributed by atoms with Crippen molar-refractivity contribution in [2.45, 2.75) is 13.0 Å². The molecule has 0 amide bonds. The van der Waals surface area contributed by atoms with Gasteiger partial charge in [-0.05, 0) is 14.0 Å². The van der Waals surface area contributed by atoms with Crippen LogP contribution in [0.4, 0.5) is 10.2 Å². The summed E-state index contributed by atoms with van der Waals surface area (Å²) < 4.78 is 21.3. The van der Waals surface area contributed by atoms with Crippen molar-refractivity contribution >= 4 is 22.8 Å². The second-order valence-electron chi connectivity index (χ2n) is 6.57. The summed E-state index contributed by atoms with van der Waals surface area (Å²) in [6.45, 7) is 3.59. The Kier molecular flexibility index (Phi) is 3.50. The molecule has 2 aromatic heterocycles. The third kappa shape index (κ3) is 2.30. The quantitative estimate of drug-likeness (QED) is 0.624. The van der Waals surface area contributed by atoms with Crippen LogP contribution in [0.2, 0.25) is 0 Å². The van der Waals surface area contributed by atoms with Crippen molar-refractivity contribution in [1.29, 1.82) is 0 Å². The lowest BCUT2D eigenvalue weighted by molar-refractivity contribution is 0.0442. The number of likely N-dealkylation sites (N-methyl/N-ethyl adjacent to an activating group) is 1. The van der Waals surface area contributed by atoms with Crippen LogP contribution in [-0.4, -0.2) is 64.7 Å². The van der Waals surface area contributed by atoms with Gasteiger partial charge in [-0.15, -0.1) is 0 Å². The molecule has 9 heteroatoms. The number of aromatic nitrogens is 3. The zero-order valence-electron chi connectivity index (χ0n) is 14.2. The number of hydrogen-bond donors (Lipinski definition) is 0. The van der Waals surface area contributed by atoms with Crippen molar-refractivity contribution in [2.75, 3.05) is 38.2 Å². The summed E-state index contributed by atoms with van der Waals surface area (Å²) in [5.74, 6) is -1.16. The Bertz CT molecular complexity index is 957. The maximum absolute atomic E-state index is 14.7. The molecule has 0 aliphatic carbocycles. The van der Waals surface area contributed by atoms with Crippen molar-refractivity contribution in [3.05, 3.63) is 27.6 Å². The van der Waals surface area contributed by atoms with E-state index in [1.807, 2.05) is 11.9 Å². The number of cyclic esters (lactones) is 1. The number of anilines is 1. The Hall–Kier alpha value is -2.55. The first-order valence-electron chi connectivity index (χ1n) is 8.07. The van der Waals surface area contributed by atoms with E-state index in [0.29, 0.717) is 18.9 Å². The maximum atomic E-state index is 14.7. The molecule has 2 aliphatic heterocycles. The van der Waals surface area contributed by atoms with E-state index in [-0.39, 0.29) is 34.9 Å². The molecular weight excluding hydrogens is 329 g/mol. The highest BCUT2D eigenvalue weighted by atomic mass is 19.1. The number of carbonyl (C=O) groups is 1. The van der Waals surface area contributed by atoms with Crippen LogP contribution in [0.25, 0.3) is 11.0 Å². The zero-order chi connectivity index (χ0) is 17.9. The van der Waals surface area contributed by atoms with Crippen LogP contribution in [0.5, 0.6) is 0 Å². The first-order chi connectivity index (χ1) is 11.9. The van der Waals surface area contributed by atoms with Crippen LogP contribution in [-0.2, 0) is 11.8 Å². The number of piperazine rings is 1. The molecule has 1 saturated heterocycles. The standard InChI is InChI=1S/C16H18FN5O3/c1-8-12(17)10-11-13(18-8)21(3)16(24)19-14(11)22-5-4-20(2)6-9(22)7-25-15(10)23/h9H,4-7H2,1-3H3. The minimum atomic E-state index is -0.748. The molecule has 0 spiro atoms. The second kappa shape index (κ2) is 5.48. The molecule has 0 bridgehead atoms. The van der Waals surface area contributed by atoms with E-state index in [2.05, 4.69) is 14.9 Å². The molecule has 0 N–H and O–H groups in total. The fourth-order valence-electron chi connectivity index (χ4n) is 3.51. The molecule has 4 rings (SSSR count). The maximum Gasteiger partial charge on any atom is 0.350 e. The number of carbonyl (C=O) groups excluding carboxylic acids is 1. The number of aryl methyl sites for hydroxylation is 2. The van der Waals surface area contributed by atoms with Gasteiger partial charge < -0.3 is 14.5 Å². The Labute approximate surface area is 142 Å². The zero-order valence-corrected chi connectivity index (χ0v) is 14.2. The van der Waals surface area contributed by atoms with Crippen molar-refractivity contribution in [2.24, 2.45) is 7.05 Å². The largest absolute Gasteiger partial charge is 0.460 e. The van der Waals surface area contributed by atoms with Gasteiger partial charge in [0.2, 0.25) is 0 Å². The molecule has 0 radical (unpaired) electrons. The first-order valence-corrected chi connectivity index (χ1v) is 8.07. The minimum absolute atomic E-state index is 0.0436. The number of fused-ring (bicyclic) bond motifs is 2. The SMILES string of the molecule is Cc1nc2c3c(nc(=O)n2C)N2CCN(C)CC2COC(=O)c3c1F. The smallest absolute Gasteiger partial charge is 0.350 e. The van der Waals surface area contributed by atoms with Crippen LogP contribution in [0.3, 0.4) is 0 Å². The molecule has 1 atom stereocenters. The van der Waals surface area contributed by atoms with E-state index in [4.69, 9.17) is 4.74 Å². The summed E-state index contributed by atoms with van der Waals surface area (Å²) in [5.41, 5.74) is -0.404. The van der Waals surface area contributed by atoms with Gasteiger partial charge in [-0.2, -0.15) is 4.98 Å². The Morgan fingerprint density at radius 2 is 1.96 bits per heavy atom. The monoisotopic (exact) mass is 347 g/mol. The van der Waals surface area contributed by atoms with Gasteiger partial charge >= 0.3 is 11.7 Å². The van der Waals surface area contributed by atoms with E-state index in [1.165, 1.54) is 18.5 Å². The van der Waals surface area contributed by atoms with Crippen LogP contribution >= 0.6 is 0 Å². The Morgan fingerprint density at radius 1 is 1.20 bits per heavy atom. The molecule has 1 fully saturated rings. The van der Waals surface area contributed by atoms with Gasteiger partial charge in [0.1, 0.15) is 23.6 Å². The van der Waals surface area contributed by atoms with Gasteiger partial charge in [0.05, 0.1) is 17.1 Å². The minimum Gasteiger partial charge on any atom is -0.460 e.